The van der Waals surface area contributed by atoms with Crippen LogP contribution in [0.1, 0.15) is 10.4 Å². The molecule has 0 unspecified atom stereocenters. The van der Waals surface area contributed by atoms with E-state index in [1.165, 1.54) is 6.07 Å². The second-order valence-electron chi connectivity index (χ2n) is 2.78. The van der Waals surface area contributed by atoms with E-state index in [0.29, 0.717) is 4.34 Å². The molecule has 1 aromatic heterocycles. The van der Waals surface area contributed by atoms with E-state index >= 15 is 0 Å². The summed E-state index contributed by atoms with van der Waals surface area (Å²) in [6, 6.07) is -0.0255. The summed E-state index contributed by atoms with van der Waals surface area (Å²) < 4.78 is 0.496. The second-order valence-corrected chi connectivity index (χ2v) is 5.07. The number of carboxylic acids is 1. The molecule has 1 atom stereocenters. The quantitative estimate of drug-likeness (QED) is 0.776. The molecule has 1 aromatic rings. The summed E-state index contributed by atoms with van der Waals surface area (Å²) in [5, 5.41) is 19.4. The average molecular weight is 284 g/mol. The van der Waals surface area contributed by atoms with E-state index < -0.39 is 24.5 Å². The summed E-state index contributed by atoms with van der Waals surface area (Å²) >= 11 is 12.3. The Balaban J connectivity index is 2.79. The Morgan fingerprint density at radius 3 is 2.50 bits per heavy atom. The van der Waals surface area contributed by atoms with Gasteiger partial charge in [-0.2, -0.15) is 0 Å². The number of aliphatic hydroxyl groups excluding tert-OH is 1. The van der Waals surface area contributed by atoms with Crippen LogP contribution in [0, 0.1) is 0 Å². The van der Waals surface area contributed by atoms with Gasteiger partial charge in [0.2, 0.25) is 0 Å². The van der Waals surface area contributed by atoms with Crippen molar-refractivity contribution in [2.45, 2.75) is 6.04 Å². The molecule has 0 aromatic carbocycles. The van der Waals surface area contributed by atoms with Crippen LogP contribution >= 0.6 is 34.5 Å². The number of thiophene rings is 1. The monoisotopic (exact) mass is 283 g/mol. The van der Waals surface area contributed by atoms with Crippen molar-refractivity contribution >= 4 is 46.4 Å². The van der Waals surface area contributed by atoms with Crippen LogP contribution in [-0.2, 0) is 4.79 Å². The van der Waals surface area contributed by atoms with E-state index in [1.54, 1.807) is 0 Å². The van der Waals surface area contributed by atoms with Crippen molar-refractivity contribution in [2.24, 2.45) is 0 Å². The van der Waals surface area contributed by atoms with E-state index in [0.717, 1.165) is 11.3 Å². The van der Waals surface area contributed by atoms with E-state index in [1.807, 2.05) is 0 Å². The summed E-state index contributed by atoms with van der Waals surface area (Å²) in [4.78, 5) is 22.1. The fraction of sp³-hybridized carbons (Fsp3) is 0.250. The Kier molecular flexibility index (Phi) is 4.55. The maximum absolute atomic E-state index is 11.5. The smallest absolute Gasteiger partial charge is 0.328 e. The molecule has 1 rings (SSSR count). The molecule has 0 aliphatic rings. The molecule has 0 saturated carbocycles. The number of carbonyl (C=O) groups is 2. The van der Waals surface area contributed by atoms with Gasteiger partial charge in [0.15, 0.2) is 6.04 Å². The molecule has 0 radical (unpaired) electrons. The Labute approximate surface area is 105 Å². The van der Waals surface area contributed by atoms with Crippen LogP contribution in [0.25, 0.3) is 0 Å². The topological polar surface area (TPSA) is 86.6 Å². The van der Waals surface area contributed by atoms with Crippen LogP contribution in [-0.4, -0.2) is 34.7 Å². The van der Waals surface area contributed by atoms with Crippen molar-refractivity contribution in [3.63, 3.8) is 0 Å². The highest BCUT2D eigenvalue weighted by Gasteiger charge is 2.22. The molecule has 0 aliphatic heterocycles. The molecule has 0 bridgehead atoms. The Morgan fingerprint density at radius 2 is 2.12 bits per heavy atom. The third-order valence-corrected chi connectivity index (χ3v) is 3.17. The first-order valence-corrected chi connectivity index (χ1v) is 5.62. The molecule has 0 spiro atoms. The average Bonchev–Trinajstić information content (AvgIpc) is 2.53. The SMILES string of the molecule is O=C(N[C@@H](CO)C(=O)O)c1cc(Cl)sc1Cl. The van der Waals surface area contributed by atoms with Crippen LogP contribution < -0.4 is 5.32 Å². The lowest BCUT2D eigenvalue weighted by Gasteiger charge is -2.10. The minimum Gasteiger partial charge on any atom is -0.480 e. The van der Waals surface area contributed by atoms with Crippen LogP contribution in [0.3, 0.4) is 0 Å². The van der Waals surface area contributed by atoms with Crippen LogP contribution in [0.2, 0.25) is 8.67 Å². The van der Waals surface area contributed by atoms with E-state index in [2.05, 4.69) is 5.32 Å². The van der Waals surface area contributed by atoms with Crippen molar-refractivity contribution < 1.29 is 19.8 Å². The number of amides is 1. The number of halogens is 2. The number of rotatable bonds is 4. The molecule has 0 fully saturated rings. The highest BCUT2D eigenvalue weighted by Crippen LogP contribution is 2.30. The van der Waals surface area contributed by atoms with Crippen molar-refractivity contribution in [3.05, 3.63) is 20.3 Å². The number of hydrogen-bond acceptors (Lipinski definition) is 4. The van der Waals surface area contributed by atoms with Gasteiger partial charge in [-0.15, -0.1) is 11.3 Å². The van der Waals surface area contributed by atoms with E-state index in [-0.39, 0.29) is 9.90 Å². The first-order valence-electron chi connectivity index (χ1n) is 4.05. The summed E-state index contributed by atoms with van der Waals surface area (Å²) in [5.41, 5.74) is 0.0939. The zero-order valence-electron chi connectivity index (χ0n) is 7.74. The summed E-state index contributed by atoms with van der Waals surface area (Å²) in [6.07, 6.45) is 0. The minimum absolute atomic E-state index is 0.0939. The molecule has 5 nitrogen and oxygen atoms in total. The molecule has 88 valence electrons. The summed E-state index contributed by atoms with van der Waals surface area (Å²) in [5.74, 6) is -2.01. The fourth-order valence-electron chi connectivity index (χ4n) is 0.917. The van der Waals surface area contributed by atoms with Gasteiger partial charge in [0.05, 0.1) is 16.5 Å². The normalized spacial score (nSPS) is 12.2. The number of carbonyl (C=O) groups excluding carboxylic acids is 1. The molecule has 0 aliphatic carbocycles. The first-order chi connectivity index (χ1) is 7.45. The van der Waals surface area contributed by atoms with Gasteiger partial charge in [-0.05, 0) is 6.07 Å². The van der Waals surface area contributed by atoms with E-state index in [4.69, 9.17) is 33.4 Å². The van der Waals surface area contributed by atoms with Crippen LogP contribution in [0.15, 0.2) is 6.07 Å². The second kappa shape index (κ2) is 5.49. The van der Waals surface area contributed by atoms with Crippen LogP contribution in [0.5, 0.6) is 0 Å². The van der Waals surface area contributed by atoms with Crippen molar-refractivity contribution in [1.82, 2.24) is 5.32 Å². The van der Waals surface area contributed by atoms with Crippen molar-refractivity contribution in [2.75, 3.05) is 6.61 Å². The van der Waals surface area contributed by atoms with Crippen LogP contribution in [0.4, 0.5) is 0 Å². The Hall–Kier alpha value is -0.820. The molecule has 16 heavy (non-hydrogen) atoms. The maximum atomic E-state index is 11.5. The van der Waals surface area contributed by atoms with Crippen molar-refractivity contribution in [1.29, 1.82) is 0 Å². The van der Waals surface area contributed by atoms with Gasteiger partial charge in [-0.1, -0.05) is 23.2 Å². The van der Waals surface area contributed by atoms with Gasteiger partial charge in [0.25, 0.3) is 5.91 Å². The zero-order valence-corrected chi connectivity index (χ0v) is 10.1. The standard InChI is InChI=1S/C8H7Cl2NO4S/c9-5-1-3(6(10)16-5)7(13)11-4(2-12)8(14)15/h1,4,12H,2H2,(H,11,13)(H,14,15)/t4-/m0/s1. The van der Waals surface area contributed by atoms with E-state index in [9.17, 15) is 9.59 Å². The third kappa shape index (κ3) is 3.08. The number of aliphatic carboxylic acids is 1. The van der Waals surface area contributed by atoms with Gasteiger partial charge in [0.1, 0.15) is 4.34 Å². The molecule has 0 saturated heterocycles. The highest BCUT2D eigenvalue weighted by molar-refractivity contribution is 7.20. The van der Waals surface area contributed by atoms with Crippen molar-refractivity contribution in [3.8, 4) is 0 Å². The molecular weight excluding hydrogens is 277 g/mol. The van der Waals surface area contributed by atoms with Gasteiger partial charge in [-0.25, -0.2) is 4.79 Å². The first kappa shape index (κ1) is 13.2. The molecule has 8 heteroatoms. The summed E-state index contributed by atoms with van der Waals surface area (Å²) in [7, 11) is 0. The van der Waals surface area contributed by atoms with Gasteiger partial charge < -0.3 is 15.5 Å². The number of carboxylic acid groups (broad SMARTS) is 1. The largest absolute Gasteiger partial charge is 0.480 e. The number of aliphatic hydroxyl groups is 1. The number of hydrogen-bond donors (Lipinski definition) is 3. The fourth-order valence-corrected chi connectivity index (χ4v) is 2.37. The number of nitrogens with one attached hydrogen (secondary N) is 1. The predicted octanol–water partition coefficient (Wildman–Crippen LogP) is 1.23. The highest BCUT2D eigenvalue weighted by atomic mass is 35.5. The molecule has 1 heterocycles. The Morgan fingerprint density at radius 1 is 1.50 bits per heavy atom. The predicted molar refractivity (Wildman–Crippen MR) is 60.3 cm³/mol. The zero-order chi connectivity index (χ0) is 12.3. The lowest BCUT2D eigenvalue weighted by atomic mass is 10.2. The van der Waals surface area contributed by atoms with Gasteiger partial charge >= 0.3 is 5.97 Å². The molecule has 1 amide bonds. The lowest BCUT2D eigenvalue weighted by Crippen LogP contribution is -2.43. The Bertz CT molecular complexity index is 420. The molecular formula is C8H7Cl2NO4S. The minimum atomic E-state index is -1.36. The summed E-state index contributed by atoms with van der Waals surface area (Å²) in [6.45, 7) is -0.698. The maximum Gasteiger partial charge on any atom is 0.328 e. The third-order valence-electron chi connectivity index (χ3n) is 1.69. The lowest BCUT2D eigenvalue weighted by molar-refractivity contribution is -0.140. The van der Waals surface area contributed by atoms with Gasteiger partial charge in [0, 0.05) is 0 Å². The molecule has 3 N–H and O–H groups in total. The van der Waals surface area contributed by atoms with Gasteiger partial charge in [-0.3, -0.25) is 4.79 Å².